The van der Waals surface area contributed by atoms with Crippen molar-refractivity contribution in [3.05, 3.63) is 89.2 Å². The van der Waals surface area contributed by atoms with E-state index in [4.69, 9.17) is 0 Å². The Hall–Kier alpha value is -3.03. The SMILES string of the molecule is CCc1ccc(N(c2cc(C(=O)NCc3cccnc3)ccc2C)S(=O)O)cc1. The fourth-order valence-corrected chi connectivity index (χ4v) is 3.60. The first-order chi connectivity index (χ1) is 14.0. The van der Waals surface area contributed by atoms with Crippen LogP contribution in [0.4, 0.5) is 11.4 Å². The summed E-state index contributed by atoms with van der Waals surface area (Å²) in [5.41, 5.74) is 4.31. The smallest absolute Gasteiger partial charge is 0.266 e. The van der Waals surface area contributed by atoms with Gasteiger partial charge in [-0.3, -0.25) is 14.3 Å². The van der Waals surface area contributed by atoms with E-state index in [0.29, 0.717) is 23.5 Å². The zero-order valence-electron chi connectivity index (χ0n) is 16.3. The third kappa shape index (κ3) is 5.07. The van der Waals surface area contributed by atoms with E-state index in [-0.39, 0.29) is 5.91 Å². The fraction of sp³-hybridized carbons (Fsp3) is 0.182. The molecule has 3 aromatic rings. The average Bonchev–Trinajstić information content (AvgIpc) is 2.74. The molecule has 0 aliphatic carbocycles. The van der Waals surface area contributed by atoms with Crippen molar-refractivity contribution in [2.45, 2.75) is 26.8 Å². The Morgan fingerprint density at radius 2 is 1.90 bits per heavy atom. The number of rotatable bonds is 7. The molecule has 0 fully saturated rings. The van der Waals surface area contributed by atoms with Gasteiger partial charge in [0.15, 0.2) is 0 Å². The minimum absolute atomic E-state index is 0.264. The van der Waals surface area contributed by atoms with Crippen LogP contribution in [0.3, 0.4) is 0 Å². The van der Waals surface area contributed by atoms with Gasteiger partial charge in [0.25, 0.3) is 17.2 Å². The number of anilines is 2. The van der Waals surface area contributed by atoms with E-state index in [0.717, 1.165) is 23.1 Å². The predicted octanol–water partition coefficient (Wildman–Crippen LogP) is 4.16. The predicted molar refractivity (Wildman–Crippen MR) is 115 cm³/mol. The molecule has 2 aromatic carbocycles. The number of pyridine rings is 1. The zero-order valence-corrected chi connectivity index (χ0v) is 17.1. The molecule has 0 aliphatic rings. The van der Waals surface area contributed by atoms with Gasteiger partial charge in [-0.2, -0.15) is 0 Å². The normalized spacial score (nSPS) is 11.7. The summed E-state index contributed by atoms with van der Waals surface area (Å²) < 4.78 is 23.4. The number of nitrogens with one attached hydrogen (secondary N) is 1. The van der Waals surface area contributed by atoms with Gasteiger partial charge in [0.05, 0.1) is 11.4 Å². The fourth-order valence-electron chi connectivity index (χ4n) is 2.94. The number of aromatic nitrogens is 1. The maximum absolute atomic E-state index is 12.6. The topological polar surface area (TPSA) is 82.5 Å². The highest BCUT2D eigenvalue weighted by Crippen LogP contribution is 2.31. The van der Waals surface area contributed by atoms with Crippen LogP contribution in [0.5, 0.6) is 0 Å². The van der Waals surface area contributed by atoms with E-state index >= 15 is 0 Å². The molecule has 1 heterocycles. The number of benzene rings is 2. The summed E-state index contributed by atoms with van der Waals surface area (Å²) in [5.74, 6) is -0.264. The minimum atomic E-state index is -2.29. The van der Waals surface area contributed by atoms with Crippen LogP contribution in [0.15, 0.2) is 67.0 Å². The molecule has 0 saturated heterocycles. The second-order valence-electron chi connectivity index (χ2n) is 6.59. The van der Waals surface area contributed by atoms with Gasteiger partial charge in [0.1, 0.15) is 0 Å². The molecule has 6 nitrogen and oxygen atoms in total. The molecule has 1 amide bonds. The number of aryl methyl sites for hydroxylation is 2. The molecule has 0 radical (unpaired) electrons. The lowest BCUT2D eigenvalue weighted by atomic mass is 10.1. The Bertz CT molecular complexity index is 1010. The van der Waals surface area contributed by atoms with Gasteiger partial charge in [-0.25, -0.2) is 8.51 Å². The highest BCUT2D eigenvalue weighted by molar-refractivity contribution is 7.81. The van der Waals surface area contributed by atoms with Crippen molar-refractivity contribution in [1.29, 1.82) is 0 Å². The summed E-state index contributed by atoms with van der Waals surface area (Å²) in [5, 5.41) is 2.85. The zero-order chi connectivity index (χ0) is 20.8. The molecule has 29 heavy (non-hydrogen) atoms. The lowest BCUT2D eigenvalue weighted by molar-refractivity contribution is 0.0951. The van der Waals surface area contributed by atoms with E-state index in [9.17, 15) is 13.6 Å². The van der Waals surface area contributed by atoms with Crippen LogP contribution in [0.1, 0.15) is 34.0 Å². The van der Waals surface area contributed by atoms with Gasteiger partial charge in [-0.1, -0.05) is 31.2 Å². The average molecular weight is 410 g/mol. The minimum Gasteiger partial charge on any atom is -0.348 e. The summed E-state index contributed by atoms with van der Waals surface area (Å²) >= 11 is -2.29. The molecule has 150 valence electrons. The number of hydrogen-bond acceptors (Lipinski definition) is 3. The summed E-state index contributed by atoms with van der Waals surface area (Å²) in [6, 6.07) is 16.3. The molecule has 7 heteroatoms. The molecular weight excluding hydrogens is 386 g/mol. The van der Waals surface area contributed by atoms with Gasteiger partial charge in [0, 0.05) is 24.5 Å². The summed E-state index contributed by atoms with van der Waals surface area (Å²) in [7, 11) is 0. The van der Waals surface area contributed by atoms with Crippen molar-refractivity contribution in [2.75, 3.05) is 4.31 Å². The monoisotopic (exact) mass is 409 g/mol. The van der Waals surface area contributed by atoms with Crippen molar-refractivity contribution in [3.63, 3.8) is 0 Å². The quantitative estimate of drug-likeness (QED) is 0.574. The molecule has 0 bridgehead atoms. The Labute approximate surface area is 173 Å². The molecular formula is C22H23N3O3S. The lowest BCUT2D eigenvalue weighted by Crippen LogP contribution is -2.24. The number of carbonyl (C=O) groups is 1. The van der Waals surface area contributed by atoms with Crippen molar-refractivity contribution in [1.82, 2.24) is 10.3 Å². The van der Waals surface area contributed by atoms with Crippen molar-refractivity contribution in [2.24, 2.45) is 0 Å². The summed E-state index contributed by atoms with van der Waals surface area (Å²) in [6.45, 7) is 4.24. The molecule has 3 rings (SSSR count). The number of amides is 1. The standard InChI is InChI=1S/C22H23N3O3S/c1-3-17-7-10-20(11-8-17)25(29(27)28)21-13-19(9-6-16(21)2)22(26)24-15-18-5-4-12-23-14-18/h4-14H,3,15H2,1-2H3,(H,24,26)(H,27,28). The van der Waals surface area contributed by atoms with Crippen LogP contribution in [0.2, 0.25) is 0 Å². The lowest BCUT2D eigenvalue weighted by Gasteiger charge is -2.23. The highest BCUT2D eigenvalue weighted by atomic mass is 32.2. The first-order valence-corrected chi connectivity index (χ1v) is 10.3. The summed E-state index contributed by atoms with van der Waals surface area (Å²) in [4.78, 5) is 16.6. The maximum Gasteiger partial charge on any atom is 0.266 e. The van der Waals surface area contributed by atoms with Crippen LogP contribution in [-0.2, 0) is 24.2 Å². The second-order valence-corrected chi connectivity index (χ2v) is 7.42. The third-order valence-electron chi connectivity index (χ3n) is 4.60. The van der Waals surface area contributed by atoms with Crippen molar-refractivity contribution in [3.8, 4) is 0 Å². The summed E-state index contributed by atoms with van der Waals surface area (Å²) in [6.07, 6.45) is 4.25. The Morgan fingerprint density at radius 3 is 2.52 bits per heavy atom. The highest BCUT2D eigenvalue weighted by Gasteiger charge is 2.19. The molecule has 1 atom stereocenters. The Morgan fingerprint density at radius 1 is 1.14 bits per heavy atom. The molecule has 1 aromatic heterocycles. The first kappa shape index (κ1) is 20.7. The van der Waals surface area contributed by atoms with E-state index in [2.05, 4.69) is 17.2 Å². The molecule has 0 saturated carbocycles. The van der Waals surface area contributed by atoms with Crippen LogP contribution in [0.25, 0.3) is 0 Å². The first-order valence-electron chi connectivity index (χ1n) is 9.27. The van der Waals surface area contributed by atoms with Gasteiger partial charge in [-0.15, -0.1) is 0 Å². The van der Waals surface area contributed by atoms with Crippen LogP contribution >= 0.6 is 0 Å². The number of nitrogens with zero attached hydrogens (tertiary/aromatic N) is 2. The third-order valence-corrected chi connectivity index (χ3v) is 5.32. The van der Waals surface area contributed by atoms with E-state index < -0.39 is 11.3 Å². The molecule has 2 N–H and O–H groups in total. The van der Waals surface area contributed by atoms with Crippen molar-refractivity contribution >= 4 is 28.5 Å². The van der Waals surface area contributed by atoms with E-state index in [1.165, 1.54) is 4.31 Å². The molecule has 0 spiro atoms. The van der Waals surface area contributed by atoms with Gasteiger partial charge in [-0.05, 0) is 60.4 Å². The van der Waals surface area contributed by atoms with E-state index in [1.807, 2.05) is 43.3 Å². The Balaban J connectivity index is 1.87. The van der Waals surface area contributed by atoms with Gasteiger partial charge in [0.2, 0.25) is 0 Å². The maximum atomic E-state index is 12.6. The van der Waals surface area contributed by atoms with E-state index in [1.54, 1.807) is 30.6 Å². The second kappa shape index (κ2) is 9.45. The van der Waals surface area contributed by atoms with Gasteiger partial charge < -0.3 is 5.32 Å². The largest absolute Gasteiger partial charge is 0.348 e. The van der Waals surface area contributed by atoms with Crippen LogP contribution < -0.4 is 9.62 Å². The Kier molecular flexibility index (Phi) is 6.74. The van der Waals surface area contributed by atoms with Crippen molar-refractivity contribution < 1.29 is 13.6 Å². The van der Waals surface area contributed by atoms with Crippen LogP contribution in [0, 0.1) is 6.92 Å². The molecule has 0 aliphatic heterocycles. The molecule has 1 unspecified atom stereocenters. The van der Waals surface area contributed by atoms with Crippen LogP contribution in [-0.4, -0.2) is 19.7 Å². The van der Waals surface area contributed by atoms with Gasteiger partial charge >= 0.3 is 0 Å². The number of carbonyl (C=O) groups excluding carboxylic acids is 1. The number of hydrogen-bond donors (Lipinski definition) is 2.